The van der Waals surface area contributed by atoms with Crippen LogP contribution in [0, 0.1) is 0 Å². The predicted octanol–water partition coefficient (Wildman–Crippen LogP) is 3.24. The third kappa shape index (κ3) is 1.70. The van der Waals surface area contributed by atoms with Gasteiger partial charge in [0.25, 0.3) is 0 Å². The van der Waals surface area contributed by atoms with Crippen molar-refractivity contribution < 1.29 is 5.11 Å². The van der Waals surface area contributed by atoms with Crippen LogP contribution >= 0.6 is 11.6 Å². The van der Waals surface area contributed by atoms with E-state index in [4.69, 9.17) is 11.6 Å². The minimum atomic E-state index is -0.0140. The summed E-state index contributed by atoms with van der Waals surface area (Å²) in [6.07, 6.45) is 0. The fraction of sp³-hybridized carbons (Fsp3) is 0.143. The van der Waals surface area contributed by atoms with E-state index in [1.165, 1.54) is 0 Å². The summed E-state index contributed by atoms with van der Waals surface area (Å²) in [6.45, 7) is 0.764. The first-order chi connectivity index (χ1) is 8.27. The van der Waals surface area contributed by atoms with Crippen molar-refractivity contribution in [3.63, 3.8) is 0 Å². The largest absolute Gasteiger partial charge is 0.508 e. The Morgan fingerprint density at radius 1 is 1.12 bits per heavy atom. The lowest BCUT2D eigenvalue weighted by molar-refractivity contribution is 0.464. The number of hydrogen-bond acceptors (Lipinski definition) is 2. The number of fused-ring (bicyclic) bond motifs is 1. The van der Waals surface area contributed by atoms with E-state index in [1.54, 1.807) is 6.07 Å². The molecule has 3 heteroatoms. The molecule has 3 rings (SSSR count). The summed E-state index contributed by atoms with van der Waals surface area (Å²) in [5.74, 6) is 0.331. The summed E-state index contributed by atoms with van der Waals surface area (Å²) in [6, 6.07) is 13.3. The monoisotopic (exact) mass is 245 g/mol. The Labute approximate surface area is 105 Å². The second-order valence-corrected chi connectivity index (χ2v) is 4.59. The first kappa shape index (κ1) is 10.6. The Kier molecular flexibility index (Phi) is 2.54. The van der Waals surface area contributed by atoms with Gasteiger partial charge in [-0.15, -0.1) is 0 Å². The van der Waals surface area contributed by atoms with Crippen LogP contribution in [0.1, 0.15) is 22.7 Å². The average molecular weight is 246 g/mol. The molecule has 0 spiro atoms. The second-order valence-electron chi connectivity index (χ2n) is 4.19. The van der Waals surface area contributed by atoms with Crippen molar-refractivity contribution in [2.24, 2.45) is 0 Å². The van der Waals surface area contributed by atoms with Crippen molar-refractivity contribution in [1.29, 1.82) is 0 Å². The Morgan fingerprint density at radius 3 is 2.76 bits per heavy atom. The third-order valence-corrected chi connectivity index (χ3v) is 3.52. The average Bonchev–Trinajstić information content (AvgIpc) is 2.75. The molecule has 17 heavy (non-hydrogen) atoms. The van der Waals surface area contributed by atoms with Gasteiger partial charge in [-0.3, -0.25) is 0 Å². The van der Waals surface area contributed by atoms with Crippen LogP contribution in [-0.2, 0) is 6.54 Å². The van der Waals surface area contributed by atoms with Crippen molar-refractivity contribution in [3.05, 3.63) is 64.2 Å². The predicted molar refractivity (Wildman–Crippen MR) is 68.2 cm³/mol. The minimum absolute atomic E-state index is 0.0140. The molecule has 86 valence electrons. The molecule has 0 amide bonds. The van der Waals surface area contributed by atoms with Crippen LogP contribution < -0.4 is 5.32 Å². The number of hydrogen-bond donors (Lipinski definition) is 2. The number of nitrogens with one attached hydrogen (secondary N) is 1. The molecule has 0 fully saturated rings. The van der Waals surface area contributed by atoms with Crippen LogP contribution in [0.3, 0.4) is 0 Å². The van der Waals surface area contributed by atoms with Gasteiger partial charge in [-0.1, -0.05) is 41.9 Å². The van der Waals surface area contributed by atoms with E-state index in [2.05, 4.69) is 5.32 Å². The first-order valence-electron chi connectivity index (χ1n) is 5.56. The standard InChI is InChI=1S/C14H12ClNO/c15-11-6-2-1-5-10(11)14-13-9(8-16-14)4-3-7-12(13)17/h1-7,14,16-17H,8H2. The summed E-state index contributed by atoms with van der Waals surface area (Å²) in [5.41, 5.74) is 3.09. The van der Waals surface area contributed by atoms with Crippen molar-refractivity contribution in [3.8, 4) is 5.75 Å². The van der Waals surface area contributed by atoms with Crippen molar-refractivity contribution in [2.45, 2.75) is 12.6 Å². The molecule has 0 radical (unpaired) electrons. The lowest BCUT2D eigenvalue weighted by Gasteiger charge is -2.15. The van der Waals surface area contributed by atoms with Gasteiger partial charge in [-0.05, 0) is 23.3 Å². The Hall–Kier alpha value is -1.51. The topological polar surface area (TPSA) is 32.3 Å². The molecule has 2 N–H and O–H groups in total. The van der Waals surface area contributed by atoms with Gasteiger partial charge in [-0.2, -0.15) is 0 Å². The molecular weight excluding hydrogens is 234 g/mol. The maximum absolute atomic E-state index is 9.97. The maximum Gasteiger partial charge on any atom is 0.121 e. The normalized spacial score (nSPS) is 18.1. The zero-order valence-corrected chi connectivity index (χ0v) is 9.91. The van der Waals surface area contributed by atoms with Crippen molar-refractivity contribution >= 4 is 11.6 Å². The molecule has 2 aromatic rings. The fourth-order valence-electron chi connectivity index (χ4n) is 2.38. The smallest absolute Gasteiger partial charge is 0.121 e. The van der Waals surface area contributed by atoms with E-state index in [0.717, 1.165) is 28.3 Å². The van der Waals surface area contributed by atoms with E-state index in [9.17, 15) is 5.11 Å². The molecule has 0 saturated heterocycles. The summed E-state index contributed by atoms with van der Waals surface area (Å²) in [4.78, 5) is 0. The quantitative estimate of drug-likeness (QED) is 0.809. The van der Waals surface area contributed by atoms with Gasteiger partial charge in [-0.25, -0.2) is 0 Å². The number of phenols is 1. The zero-order chi connectivity index (χ0) is 11.8. The highest BCUT2D eigenvalue weighted by molar-refractivity contribution is 6.31. The minimum Gasteiger partial charge on any atom is -0.508 e. The molecule has 0 aromatic heterocycles. The van der Waals surface area contributed by atoms with Gasteiger partial charge < -0.3 is 10.4 Å². The summed E-state index contributed by atoms with van der Waals surface area (Å²) in [7, 11) is 0. The molecule has 1 unspecified atom stereocenters. The molecule has 0 aliphatic carbocycles. The number of rotatable bonds is 1. The lowest BCUT2D eigenvalue weighted by atomic mass is 9.97. The Balaban J connectivity index is 2.13. The van der Waals surface area contributed by atoms with Gasteiger partial charge in [0.2, 0.25) is 0 Å². The molecule has 2 aromatic carbocycles. The van der Waals surface area contributed by atoms with Crippen LogP contribution in [0.25, 0.3) is 0 Å². The number of halogens is 1. The van der Waals surface area contributed by atoms with Crippen LogP contribution in [0.2, 0.25) is 5.02 Å². The van der Waals surface area contributed by atoms with E-state index in [1.807, 2.05) is 36.4 Å². The van der Waals surface area contributed by atoms with E-state index >= 15 is 0 Å². The molecule has 1 heterocycles. The number of phenolic OH excluding ortho intramolecular Hbond substituents is 1. The second kappa shape index (κ2) is 4.06. The molecule has 0 bridgehead atoms. The highest BCUT2D eigenvalue weighted by atomic mass is 35.5. The summed E-state index contributed by atoms with van der Waals surface area (Å²) < 4.78 is 0. The summed E-state index contributed by atoms with van der Waals surface area (Å²) >= 11 is 6.20. The molecule has 1 atom stereocenters. The van der Waals surface area contributed by atoms with Gasteiger partial charge in [0, 0.05) is 17.1 Å². The van der Waals surface area contributed by atoms with Gasteiger partial charge in [0.15, 0.2) is 0 Å². The molecule has 2 nitrogen and oxygen atoms in total. The van der Waals surface area contributed by atoms with Crippen LogP contribution in [0.15, 0.2) is 42.5 Å². The molecule has 1 aliphatic rings. The first-order valence-corrected chi connectivity index (χ1v) is 5.94. The fourth-order valence-corrected chi connectivity index (χ4v) is 2.62. The SMILES string of the molecule is Oc1cccc2c1C(c1ccccc1Cl)NC2. The molecule has 0 saturated carbocycles. The van der Waals surface area contributed by atoms with E-state index in [-0.39, 0.29) is 6.04 Å². The zero-order valence-electron chi connectivity index (χ0n) is 9.15. The van der Waals surface area contributed by atoms with E-state index < -0.39 is 0 Å². The molecular formula is C14H12ClNO. The summed E-state index contributed by atoms with van der Waals surface area (Å²) in [5, 5.41) is 14.1. The van der Waals surface area contributed by atoms with Crippen LogP contribution in [-0.4, -0.2) is 5.11 Å². The van der Waals surface area contributed by atoms with Gasteiger partial charge >= 0.3 is 0 Å². The van der Waals surface area contributed by atoms with Crippen LogP contribution in [0.5, 0.6) is 5.75 Å². The highest BCUT2D eigenvalue weighted by Gasteiger charge is 2.27. The molecule has 1 aliphatic heterocycles. The number of aromatic hydroxyl groups is 1. The van der Waals surface area contributed by atoms with Crippen molar-refractivity contribution in [2.75, 3.05) is 0 Å². The van der Waals surface area contributed by atoms with Crippen molar-refractivity contribution in [1.82, 2.24) is 5.32 Å². The van der Waals surface area contributed by atoms with Gasteiger partial charge in [0.1, 0.15) is 5.75 Å². The number of benzene rings is 2. The van der Waals surface area contributed by atoms with Crippen LogP contribution in [0.4, 0.5) is 0 Å². The van der Waals surface area contributed by atoms with Gasteiger partial charge in [0.05, 0.1) is 6.04 Å². The Bertz CT molecular complexity index is 568. The highest BCUT2D eigenvalue weighted by Crippen LogP contribution is 2.38. The maximum atomic E-state index is 9.97. The Morgan fingerprint density at radius 2 is 1.94 bits per heavy atom. The third-order valence-electron chi connectivity index (χ3n) is 3.17. The lowest BCUT2D eigenvalue weighted by Crippen LogP contribution is -2.13. The van der Waals surface area contributed by atoms with E-state index in [0.29, 0.717) is 5.75 Å².